The van der Waals surface area contributed by atoms with Crippen molar-refractivity contribution in [3.8, 4) is 0 Å². The lowest BCUT2D eigenvalue weighted by molar-refractivity contribution is -0.384. The Morgan fingerprint density at radius 2 is 1.86 bits per heavy atom. The number of aromatic nitrogens is 2. The molecule has 0 fully saturated rings. The van der Waals surface area contributed by atoms with Crippen molar-refractivity contribution in [3.05, 3.63) is 56.4 Å². The van der Waals surface area contributed by atoms with E-state index in [2.05, 4.69) is 20.8 Å². The van der Waals surface area contributed by atoms with E-state index in [9.17, 15) is 25.0 Å². The van der Waals surface area contributed by atoms with E-state index in [1.54, 1.807) is 6.92 Å². The van der Waals surface area contributed by atoms with Gasteiger partial charge in [-0.15, -0.1) is 0 Å². The molecule has 0 saturated carbocycles. The summed E-state index contributed by atoms with van der Waals surface area (Å²) in [5, 5.41) is 31.3. The van der Waals surface area contributed by atoms with Crippen molar-refractivity contribution >= 4 is 28.9 Å². The van der Waals surface area contributed by atoms with Crippen molar-refractivity contribution in [2.75, 3.05) is 30.0 Å². The Labute approximate surface area is 164 Å². The largest absolute Gasteiger partial charge is 0.395 e. The van der Waals surface area contributed by atoms with Gasteiger partial charge in [0.1, 0.15) is 6.33 Å². The summed E-state index contributed by atoms with van der Waals surface area (Å²) in [7, 11) is 0. The van der Waals surface area contributed by atoms with Crippen LogP contribution in [0.5, 0.6) is 0 Å². The molecule has 0 aliphatic rings. The molecular formula is C16H19N7O6. The number of carbonyl (C=O) groups is 1. The molecule has 154 valence electrons. The SMILES string of the molecule is CCN(CCO)c1ncnc(NNC(=O)Cc2ccc([N+](=O)[O-])cc2)c1[N+](=O)[O-]. The maximum absolute atomic E-state index is 12.1. The van der Waals surface area contributed by atoms with Crippen molar-refractivity contribution in [2.24, 2.45) is 0 Å². The zero-order chi connectivity index (χ0) is 21.4. The van der Waals surface area contributed by atoms with Gasteiger partial charge in [0.05, 0.1) is 22.9 Å². The van der Waals surface area contributed by atoms with Gasteiger partial charge in [-0.2, -0.15) is 0 Å². The van der Waals surface area contributed by atoms with Gasteiger partial charge in [0.2, 0.25) is 17.5 Å². The van der Waals surface area contributed by atoms with Crippen LogP contribution in [0, 0.1) is 20.2 Å². The lowest BCUT2D eigenvalue weighted by atomic mass is 10.1. The molecule has 29 heavy (non-hydrogen) atoms. The van der Waals surface area contributed by atoms with Gasteiger partial charge in [0, 0.05) is 25.2 Å². The van der Waals surface area contributed by atoms with Crippen LogP contribution in [0.2, 0.25) is 0 Å². The zero-order valence-electron chi connectivity index (χ0n) is 15.4. The second-order valence-electron chi connectivity index (χ2n) is 5.73. The molecule has 0 spiro atoms. The van der Waals surface area contributed by atoms with Gasteiger partial charge in [-0.3, -0.25) is 35.9 Å². The summed E-state index contributed by atoms with van der Waals surface area (Å²) in [6, 6.07) is 5.43. The number of non-ortho nitro benzene ring substituents is 1. The fraction of sp³-hybridized carbons (Fsp3) is 0.312. The van der Waals surface area contributed by atoms with E-state index in [4.69, 9.17) is 5.11 Å². The molecule has 1 amide bonds. The minimum absolute atomic E-state index is 0.00803. The second kappa shape index (κ2) is 9.89. The number of nitrogens with zero attached hydrogens (tertiary/aromatic N) is 5. The van der Waals surface area contributed by atoms with Crippen LogP contribution in [-0.4, -0.2) is 50.5 Å². The van der Waals surface area contributed by atoms with E-state index >= 15 is 0 Å². The van der Waals surface area contributed by atoms with Gasteiger partial charge in [0.15, 0.2) is 0 Å². The Balaban J connectivity index is 2.12. The predicted octanol–water partition coefficient (Wildman–Crippen LogP) is 0.797. The number of hydrogen-bond acceptors (Lipinski definition) is 10. The van der Waals surface area contributed by atoms with Gasteiger partial charge in [-0.1, -0.05) is 12.1 Å². The second-order valence-corrected chi connectivity index (χ2v) is 5.73. The first-order valence-corrected chi connectivity index (χ1v) is 8.50. The molecule has 0 unspecified atom stereocenters. The summed E-state index contributed by atoms with van der Waals surface area (Å²) in [6.07, 6.45) is 0.996. The van der Waals surface area contributed by atoms with Gasteiger partial charge in [-0.25, -0.2) is 9.97 Å². The van der Waals surface area contributed by atoms with Crippen LogP contribution >= 0.6 is 0 Å². The Kier molecular flexibility index (Phi) is 7.31. The third-order valence-corrected chi connectivity index (χ3v) is 3.87. The molecule has 0 aliphatic carbocycles. The number of carbonyl (C=O) groups excluding carboxylic acids is 1. The highest BCUT2D eigenvalue weighted by Gasteiger charge is 2.26. The number of benzene rings is 1. The van der Waals surface area contributed by atoms with Crippen LogP contribution in [0.4, 0.5) is 23.0 Å². The number of aliphatic hydroxyl groups excluding tert-OH is 1. The summed E-state index contributed by atoms with van der Waals surface area (Å²) in [6.45, 7) is 2.04. The van der Waals surface area contributed by atoms with Crippen LogP contribution in [0.3, 0.4) is 0 Å². The van der Waals surface area contributed by atoms with Crippen molar-refractivity contribution in [1.82, 2.24) is 15.4 Å². The van der Waals surface area contributed by atoms with Crippen LogP contribution in [0.15, 0.2) is 30.6 Å². The summed E-state index contributed by atoms with van der Waals surface area (Å²) < 4.78 is 0. The summed E-state index contributed by atoms with van der Waals surface area (Å²) in [5.74, 6) is -0.738. The fourth-order valence-electron chi connectivity index (χ4n) is 2.49. The molecule has 1 heterocycles. The van der Waals surface area contributed by atoms with Crippen molar-refractivity contribution in [1.29, 1.82) is 0 Å². The number of amides is 1. The first-order valence-electron chi connectivity index (χ1n) is 8.50. The van der Waals surface area contributed by atoms with Gasteiger partial charge in [-0.05, 0) is 12.5 Å². The van der Waals surface area contributed by atoms with Gasteiger partial charge in [0.25, 0.3) is 5.69 Å². The van der Waals surface area contributed by atoms with Crippen LogP contribution < -0.4 is 15.8 Å². The Morgan fingerprint density at radius 3 is 2.41 bits per heavy atom. The number of hydrazine groups is 1. The molecule has 3 N–H and O–H groups in total. The highest BCUT2D eigenvalue weighted by Crippen LogP contribution is 2.31. The fourth-order valence-corrected chi connectivity index (χ4v) is 2.49. The third kappa shape index (κ3) is 5.55. The maximum atomic E-state index is 12.1. The first-order chi connectivity index (χ1) is 13.9. The highest BCUT2D eigenvalue weighted by molar-refractivity contribution is 5.81. The summed E-state index contributed by atoms with van der Waals surface area (Å²) in [5.41, 5.74) is 4.70. The molecule has 0 radical (unpaired) electrons. The molecular weight excluding hydrogens is 386 g/mol. The average molecular weight is 405 g/mol. The summed E-state index contributed by atoms with van der Waals surface area (Å²) in [4.78, 5) is 42.3. The van der Waals surface area contributed by atoms with Crippen LogP contribution in [0.1, 0.15) is 12.5 Å². The monoisotopic (exact) mass is 405 g/mol. The quantitative estimate of drug-likeness (QED) is 0.378. The molecule has 0 saturated heterocycles. The van der Waals surface area contributed by atoms with Gasteiger partial charge >= 0.3 is 5.69 Å². The normalized spacial score (nSPS) is 10.3. The smallest absolute Gasteiger partial charge is 0.355 e. The molecule has 13 nitrogen and oxygen atoms in total. The minimum Gasteiger partial charge on any atom is -0.395 e. The molecule has 0 bridgehead atoms. The molecule has 2 aromatic rings. The topological polar surface area (TPSA) is 177 Å². The number of hydrogen-bond donors (Lipinski definition) is 3. The summed E-state index contributed by atoms with van der Waals surface area (Å²) >= 11 is 0. The molecule has 13 heteroatoms. The number of anilines is 2. The number of aliphatic hydroxyl groups is 1. The maximum Gasteiger partial charge on any atom is 0.355 e. The molecule has 2 rings (SSSR count). The highest BCUT2D eigenvalue weighted by atomic mass is 16.6. The Morgan fingerprint density at radius 1 is 1.17 bits per heavy atom. The Bertz CT molecular complexity index is 890. The third-order valence-electron chi connectivity index (χ3n) is 3.87. The van der Waals surface area contributed by atoms with Crippen LogP contribution in [-0.2, 0) is 11.2 Å². The van der Waals surface area contributed by atoms with E-state index in [0.29, 0.717) is 12.1 Å². The van der Waals surface area contributed by atoms with E-state index in [-0.39, 0.29) is 36.9 Å². The number of nitrogens with one attached hydrogen (secondary N) is 2. The number of rotatable bonds is 10. The van der Waals surface area contributed by atoms with E-state index in [0.717, 1.165) is 6.33 Å². The van der Waals surface area contributed by atoms with E-state index in [1.807, 2.05) is 0 Å². The first kappa shape index (κ1) is 21.4. The van der Waals surface area contributed by atoms with E-state index in [1.165, 1.54) is 29.2 Å². The molecule has 0 aliphatic heterocycles. The molecule has 1 aromatic carbocycles. The van der Waals surface area contributed by atoms with Crippen LogP contribution in [0.25, 0.3) is 0 Å². The lowest BCUT2D eigenvalue weighted by Gasteiger charge is -2.20. The lowest BCUT2D eigenvalue weighted by Crippen LogP contribution is -2.32. The van der Waals surface area contributed by atoms with Crippen molar-refractivity contribution in [3.63, 3.8) is 0 Å². The minimum atomic E-state index is -0.680. The van der Waals surface area contributed by atoms with E-state index < -0.39 is 21.4 Å². The van der Waals surface area contributed by atoms with Gasteiger partial charge < -0.3 is 10.0 Å². The predicted molar refractivity (Wildman–Crippen MR) is 102 cm³/mol. The zero-order valence-corrected chi connectivity index (χ0v) is 15.4. The standard InChI is InChI=1S/C16H19N7O6/c1-2-21(7-8-24)16-14(23(28)29)15(17-10-18-16)20-19-13(25)9-11-3-5-12(6-4-11)22(26)27/h3-6,10,24H,2,7-9H2,1H3,(H,19,25)(H,17,18,20). The molecule has 1 aromatic heterocycles. The molecule has 0 atom stereocenters. The van der Waals surface area contributed by atoms with Crippen molar-refractivity contribution < 1.29 is 19.7 Å². The Hall–Kier alpha value is -3.87. The average Bonchev–Trinajstić information content (AvgIpc) is 2.70. The van der Waals surface area contributed by atoms with Crippen molar-refractivity contribution in [2.45, 2.75) is 13.3 Å². The number of nitro groups is 2. The number of nitro benzene ring substituents is 1. The number of likely N-dealkylation sites (N-methyl/N-ethyl adjacent to an activating group) is 1.